The number of piperazine rings is 1. The number of alkyl halides is 3. The zero-order valence-electron chi connectivity index (χ0n) is 18.6. The van der Waals surface area contributed by atoms with Crippen molar-refractivity contribution in [3.8, 4) is 11.1 Å². The molecule has 0 atom stereocenters. The minimum Gasteiger partial charge on any atom is -0.369 e. The molecule has 7 nitrogen and oxygen atoms in total. The normalized spacial score (nSPS) is 15.2. The van der Waals surface area contributed by atoms with Gasteiger partial charge in [0.05, 0.1) is 22.8 Å². The minimum atomic E-state index is -4.11. The summed E-state index contributed by atoms with van der Waals surface area (Å²) in [6, 6.07) is 10.0. The van der Waals surface area contributed by atoms with E-state index in [1.165, 1.54) is 0 Å². The highest BCUT2D eigenvalue weighted by Gasteiger charge is 2.28. The number of aryl methyl sites for hydroxylation is 1. The van der Waals surface area contributed by atoms with E-state index in [4.69, 9.17) is 0 Å². The van der Waals surface area contributed by atoms with E-state index in [-0.39, 0.29) is 6.54 Å². The van der Waals surface area contributed by atoms with Crippen LogP contribution in [-0.2, 0) is 0 Å². The van der Waals surface area contributed by atoms with Crippen molar-refractivity contribution in [1.29, 1.82) is 0 Å². The fourth-order valence-corrected chi connectivity index (χ4v) is 5.01. The molecule has 11 heteroatoms. The Labute approximate surface area is 198 Å². The lowest BCUT2D eigenvalue weighted by atomic mass is 10.1. The number of pyridine rings is 1. The average Bonchev–Trinajstić information content (AvgIpc) is 3.42. The van der Waals surface area contributed by atoms with Crippen molar-refractivity contribution in [2.45, 2.75) is 19.5 Å². The molecule has 4 aromatic rings. The average molecular weight is 488 g/mol. The Hall–Kier alpha value is -3.18. The number of H-pyrrole nitrogens is 1. The van der Waals surface area contributed by atoms with E-state index in [0.717, 1.165) is 37.9 Å². The summed E-state index contributed by atoms with van der Waals surface area (Å²) in [5, 5.41) is 11.1. The van der Waals surface area contributed by atoms with E-state index in [9.17, 15) is 13.2 Å². The lowest BCUT2D eigenvalue weighted by Gasteiger charge is -2.36. The second-order valence-corrected chi connectivity index (χ2v) is 9.36. The monoisotopic (exact) mass is 487 g/mol. The minimum absolute atomic E-state index is 0.0555. The molecule has 0 unspecified atom stereocenters. The van der Waals surface area contributed by atoms with Crippen LogP contribution in [0.25, 0.3) is 21.3 Å². The Morgan fingerprint density at radius 1 is 1.12 bits per heavy atom. The zero-order chi connectivity index (χ0) is 23.7. The van der Waals surface area contributed by atoms with Gasteiger partial charge in [-0.25, -0.2) is 9.97 Å². The summed E-state index contributed by atoms with van der Waals surface area (Å²) in [6.07, 6.45) is -1.31. The number of aromatic nitrogens is 4. The maximum atomic E-state index is 12.5. The number of rotatable bonds is 6. The maximum absolute atomic E-state index is 12.5. The van der Waals surface area contributed by atoms with Crippen LogP contribution in [0, 0.1) is 6.92 Å². The van der Waals surface area contributed by atoms with Gasteiger partial charge in [-0.3, -0.25) is 10.00 Å². The molecule has 1 aliphatic rings. The first-order chi connectivity index (χ1) is 16.3. The summed E-state index contributed by atoms with van der Waals surface area (Å²) in [5.74, 6) is 0.682. The van der Waals surface area contributed by atoms with Gasteiger partial charge in [-0.05, 0) is 30.7 Å². The molecule has 178 valence electrons. The molecule has 1 saturated heterocycles. The Bertz CT molecular complexity index is 1280. The largest absolute Gasteiger partial charge is 0.390 e. The highest BCUT2D eigenvalue weighted by Crippen LogP contribution is 2.33. The Balaban J connectivity index is 1.25. The van der Waals surface area contributed by atoms with E-state index in [1.54, 1.807) is 17.5 Å². The molecule has 1 fully saturated rings. The number of benzene rings is 1. The third kappa shape index (κ3) is 5.15. The number of nitrogens with zero attached hydrogens (tertiary/aromatic N) is 5. The van der Waals surface area contributed by atoms with Crippen LogP contribution in [0.4, 0.5) is 29.8 Å². The SMILES string of the molecule is Cc1[nH]ncc1-c1ccc2nc(Nc3cc(N4CCN(CCC(F)(F)F)CC4)ccn3)sc2c1. The van der Waals surface area contributed by atoms with Gasteiger partial charge < -0.3 is 10.2 Å². The van der Waals surface area contributed by atoms with Crippen LogP contribution in [0.5, 0.6) is 0 Å². The van der Waals surface area contributed by atoms with E-state index in [1.807, 2.05) is 42.3 Å². The molecule has 0 amide bonds. The van der Waals surface area contributed by atoms with Gasteiger partial charge in [0.15, 0.2) is 5.13 Å². The molecule has 0 spiro atoms. The number of anilines is 3. The molecule has 1 aromatic carbocycles. The predicted octanol–water partition coefficient (Wildman–Crippen LogP) is 5.21. The number of thiazole rings is 1. The number of hydrogen-bond acceptors (Lipinski definition) is 7. The van der Waals surface area contributed by atoms with E-state index in [0.29, 0.717) is 32.0 Å². The third-order valence-corrected chi connectivity index (χ3v) is 6.89. The zero-order valence-corrected chi connectivity index (χ0v) is 19.4. The molecule has 34 heavy (non-hydrogen) atoms. The standard InChI is InChI=1S/C23H24F3N7S/c1-15-18(14-28-31-15)16-2-3-19-20(12-16)34-22(29-19)30-21-13-17(4-6-27-21)33-10-8-32(9-11-33)7-5-23(24,25)26/h2-4,6,12-14H,5,7-11H2,1H3,(H,28,31)(H,27,29,30). The second kappa shape index (κ2) is 9.22. The predicted molar refractivity (Wildman–Crippen MR) is 129 cm³/mol. The fraction of sp³-hybridized carbons (Fsp3) is 0.348. The van der Waals surface area contributed by atoms with Crippen molar-refractivity contribution in [3.63, 3.8) is 0 Å². The van der Waals surface area contributed by atoms with Crippen LogP contribution in [-0.4, -0.2) is 64.0 Å². The van der Waals surface area contributed by atoms with Crippen LogP contribution in [0.15, 0.2) is 42.7 Å². The first-order valence-corrected chi connectivity index (χ1v) is 11.8. The van der Waals surface area contributed by atoms with Gasteiger partial charge in [0, 0.05) is 61.9 Å². The summed E-state index contributed by atoms with van der Waals surface area (Å²) < 4.78 is 38.5. The van der Waals surface area contributed by atoms with Gasteiger partial charge in [-0.1, -0.05) is 17.4 Å². The Morgan fingerprint density at radius 2 is 1.94 bits per heavy atom. The molecule has 4 heterocycles. The first kappa shape index (κ1) is 22.6. The second-order valence-electron chi connectivity index (χ2n) is 8.33. The molecule has 0 bridgehead atoms. The van der Waals surface area contributed by atoms with Crippen LogP contribution in [0.3, 0.4) is 0 Å². The number of aromatic amines is 1. The molecule has 2 N–H and O–H groups in total. The van der Waals surface area contributed by atoms with E-state index < -0.39 is 12.6 Å². The number of nitrogens with one attached hydrogen (secondary N) is 2. The lowest BCUT2D eigenvalue weighted by Crippen LogP contribution is -2.47. The maximum Gasteiger partial charge on any atom is 0.390 e. The fourth-order valence-electron chi connectivity index (χ4n) is 4.10. The first-order valence-electron chi connectivity index (χ1n) is 11.0. The van der Waals surface area contributed by atoms with Crippen LogP contribution < -0.4 is 10.2 Å². The van der Waals surface area contributed by atoms with Crippen molar-refractivity contribution in [3.05, 3.63) is 48.4 Å². The summed E-state index contributed by atoms with van der Waals surface area (Å²) in [5.41, 5.74) is 5.07. The van der Waals surface area contributed by atoms with Crippen molar-refractivity contribution in [2.24, 2.45) is 0 Å². The van der Waals surface area contributed by atoms with E-state index in [2.05, 4.69) is 36.4 Å². The van der Waals surface area contributed by atoms with Gasteiger partial charge >= 0.3 is 6.18 Å². The summed E-state index contributed by atoms with van der Waals surface area (Å²) >= 11 is 1.55. The molecule has 0 saturated carbocycles. The molecule has 3 aromatic heterocycles. The lowest BCUT2D eigenvalue weighted by molar-refractivity contribution is -0.138. The third-order valence-electron chi connectivity index (χ3n) is 5.96. The molecule has 0 radical (unpaired) electrons. The van der Waals surface area contributed by atoms with Crippen molar-refractivity contribution < 1.29 is 13.2 Å². The van der Waals surface area contributed by atoms with Gasteiger partial charge in [0.2, 0.25) is 0 Å². The molecule has 1 aliphatic heterocycles. The van der Waals surface area contributed by atoms with Crippen LogP contribution in [0.2, 0.25) is 0 Å². The van der Waals surface area contributed by atoms with Crippen LogP contribution >= 0.6 is 11.3 Å². The Kier molecular flexibility index (Phi) is 6.13. The molecular formula is C23H24F3N7S. The highest BCUT2D eigenvalue weighted by molar-refractivity contribution is 7.22. The molecule has 0 aliphatic carbocycles. The molecular weight excluding hydrogens is 463 g/mol. The van der Waals surface area contributed by atoms with E-state index >= 15 is 0 Å². The number of hydrogen-bond donors (Lipinski definition) is 2. The van der Waals surface area contributed by atoms with Crippen molar-refractivity contribution >= 4 is 38.2 Å². The van der Waals surface area contributed by atoms with Crippen LogP contribution in [0.1, 0.15) is 12.1 Å². The van der Waals surface area contributed by atoms with Crippen molar-refractivity contribution in [2.75, 3.05) is 42.9 Å². The van der Waals surface area contributed by atoms with Gasteiger partial charge in [0.1, 0.15) is 5.82 Å². The van der Waals surface area contributed by atoms with Gasteiger partial charge in [-0.2, -0.15) is 18.3 Å². The highest BCUT2D eigenvalue weighted by atomic mass is 32.1. The number of fused-ring (bicyclic) bond motifs is 1. The summed E-state index contributed by atoms with van der Waals surface area (Å²) in [6.45, 7) is 4.62. The Morgan fingerprint density at radius 3 is 2.68 bits per heavy atom. The van der Waals surface area contributed by atoms with Gasteiger partial charge in [-0.15, -0.1) is 0 Å². The smallest absolute Gasteiger partial charge is 0.369 e. The quantitative estimate of drug-likeness (QED) is 0.389. The number of halogens is 3. The van der Waals surface area contributed by atoms with Crippen molar-refractivity contribution in [1.82, 2.24) is 25.1 Å². The summed E-state index contributed by atoms with van der Waals surface area (Å²) in [7, 11) is 0. The molecule has 5 rings (SSSR count). The van der Waals surface area contributed by atoms with Gasteiger partial charge in [0.25, 0.3) is 0 Å². The topological polar surface area (TPSA) is 73.0 Å². The summed E-state index contributed by atoms with van der Waals surface area (Å²) in [4.78, 5) is 13.1.